The fourth-order valence-corrected chi connectivity index (χ4v) is 16.4. The first-order valence-corrected chi connectivity index (χ1v) is 27.0. The predicted molar refractivity (Wildman–Crippen MR) is 304 cm³/mol. The summed E-state index contributed by atoms with van der Waals surface area (Å²) >= 11 is 0. The highest BCUT2D eigenvalue weighted by molar-refractivity contribution is 7.00. The van der Waals surface area contributed by atoms with Gasteiger partial charge >= 0.3 is 0 Å². The molecule has 3 aliphatic carbocycles. The number of aryl methyl sites for hydroxylation is 2. The molecule has 0 radical (unpaired) electrons. The van der Waals surface area contributed by atoms with E-state index in [4.69, 9.17) is 0 Å². The van der Waals surface area contributed by atoms with Crippen LogP contribution in [0, 0.1) is 13.8 Å². The first-order chi connectivity index (χ1) is 34.5. The van der Waals surface area contributed by atoms with E-state index < -0.39 is 5.41 Å². The normalized spacial score (nSPS) is 18.7. The monoisotopic (exact) mass is 928 g/mol. The van der Waals surface area contributed by atoms with E-state index in [-0.39, 0.29) is 28.4 Å². The average molecular weight is 929 g/mol. The molecule has 72 heavy (non-hydrogen) atoms. The summed E-state index contributed by atoms with van der Waals surface area (Å²) in [5, 5.41) is 4.42. The summed E-state index contributed by atoms with van der Waals surface area (Å²) in [6.45, 7) is 25.2. The number of hydrogen-bond donors (Lipinski definition) is 0. The van der Waals surface area contributed by atoms with Crippen molar-refractivity contribution in [2.75, 3.05) is 0 Å². The molecule has 2 nitrogen and oxygen atoms in total. The summed E-state index contributed by atoms with van der Waals surface area (Å²) in [5.74, 6) is 0. The third-order valence-electron chi connectivity index (χ3n) is 19.8. The van der Waals surface area contributed by atoms with Gasteiger partial charge in [0.2, 0.25) is 0 Å². The maximum Gasteiger partial charge on any atom is 0.252 e. The highest BCUT2D eigenvalue weighted by Crippen LogP contribution is 2.65. The van der Waals surface area contributed by atoms with Gasteiger partial charge in [-0.2, -0.15) is 0 Å². The topological polar surface area (TPSA) is 9.86 Å². The van der Waals surface area contributed by atoms with Gasteiger partial charge in [0, 0.05) is 44.1 Å². The Morgan fingerprint density at radius 3 is 1.62 bits per heavy atom. The Kier molecular flexibility index (Phi) is 7.56. The molecule has 8 aromatic carbocycles. The number of hydrogen-bond acceptors (Lipinski definition) is 0. The van der Waals surface area contributed by atoms with Gasteiger partial charge in [-0.3, -0.25) is 0 Å². The summed E-state index contributed by atoms with van der Waals surface area (Å²) in [5.41, 5.74) is 33.3. The van der Waals surface area contributed by atoms with E-state index in [0.29, 0.717) is 0 Å². The minimum absolute atomic E-state index is 0.00300. The Morgan fingerprint density at radius 2 is 1.00 bits per heavy atom. The van der Waals surface area contributed by atoms with Gasteiger partial charge in [0.1, 0.15) is 0 Å². The van der Waals surface area contributed by atoms with Crippen LogP contribution < -0.4 is 16.4 Å². The molecule has 6 aliphatic rings. The summed E-state index contributed by atoms with van der Waals surface area (Å²) in [6, 6.07) is 55.3. The van der Waals surface area contributed by atoms with E-state index in [9.17, 15) is 0 Å². The number of fused-ring (bicyclic) bond motifs is 15. The summed E-state index contributed by atoms with van der Waals surface area (Å²) < 4.78 is 5.63. The lowest BCUT2D eigenvalue weighted by Gasteiger charge is -2.47. The van der Waals surface area contributed by atoms with Crippen LogP contribution in [0.25, 0.3) is 77.6 Å². The van der Waals surface area contributed by atoms with E-state index in [2.05, 4.69) is 218 Å². The Bertz CT molecular complexity index is 4120. The number of aromatic nitrogens is 2. The van der Waals surface area contributed by atoms with Gasteiger partial charge in [0.05, 0.1) is 16.6 Å². The molecule has 0 fully saturated rings. The maximum atomic E-state index is 2.92. The number of rotatable bonds is 2. The molecule has 0 saturated heterocycles. The van der Waals surface area contributed by atoms with Crippen LogP contribution in [0.15, 0.2) is 140 Å². The van der Waals surface area contributed by atoms with Crippen LogP contribution in [0.1, 0.15) is 137 Å². The standard InChI is InChI=1S/C69H61BN2/c1-38-24-26-42-43-27-25-39(2)35-47(43)69(46(42)34-38)45-28-29-53-59-63(45)72-62-50(69)36-48-57(67(7,8)32-30-65(48,3)4)55(62)56-58-49(66(5,6)31-33-68(58,9)10)37-52(64(56)72)70(59)51-23-17-22-44-54(40-18-13-11-14-19-40)60(71(53)61(44)51)41-20-15-12-16-21-41/h11-29,34-37H,30-33H2,1-10H3. The van der Waals surface area contributed by atoms with Crippen molar-refractivity contribution in [2.45, 2.75) is 122 Å². The average Bonchev–Trinajstić information content (AvgIpc) is 4.00. The quantitative estimate of drug-likeness (QED) is 0.153. The molecule has 2 aromatic heterocycles. The minimum Gasteiger partial charge on any atom is -0.310 e. The molecule has 1 spiro atoms. The highest BCUT2D eigenvalue weighted by Gasteiger charge is 2.57. The van der Waals surface area contributed by atoms with E-state index in [1.807, 2.05) is 0 Å². The molecular formula is C69H61BN2. The van der Waals surface area contributed by atoms with Crippen LogP contribution in [0.2, 0.25) is 0 Å². The van der Waals surface area contributed by atoms with E-state index in [1.54, 1.807) is 33.0 Å². The van der Waals surface area contributed by atoms with E-state index >= 15 is 0 Å². The Labute approximate surface area is 424 Å². The fraction of sp³-hybridized carbons (Fsp3) is 0.275. The SMILES string of the molecule is Cc1ccc2c(c1)C1(c3cc(C)ccc3-2)c2ccc3c4c2-n2c5c(cc6c(c5c5c7c(cc1c52)C(C)(C)CCC7(C)C)C(C)(C)CCC6(C)C)B4c1cccc2c(-c4ccccc4)c(-c4ccccc4)n-3c12. The zero-order chi connectivity index (χ0) is 48.9. The molecule has 5 heterocycles. The van der Waals surface area contributed by atoms with Crippen molar-refractivity contribution in [1.82, 2.24) is 9.13 Å². The summed E-state index contributed by atoms with van der Waals surface area (Å²) in [6.07, 6.45) is 4.67. The number of benzene rings is 8. The number of para-hydroxylation sites is 1. The minimum atomic E-state index is -0.556. The smallest absolute Gasteiger partial charge is 0.252 e. The zero-order valence-corrected chi connectivity index (χ0v) is 43.6. The molecule has 16 rings (SSSR count). The predicted octanol–water partition coefficient (Wildman–Crippen LogP) is 15.2. The Hall–Kier alpha value is -6.84. The van der Waals surface area contributed by atoms with Crippen molar-refractivity contribution >= 4 is 55.8 Å². The molecular weight excluding hydrogens is 868 g/mol. The van der Waals surface area contributed by atoms with E-state index in [1.165, 1.54) is 136 Å². The van der Waals surface area contributed by atoms with Gasteiger partial charge in [-0.25, -0.2) is 0 Å². The molecule has 0 N–H and O–H groups in total. The van der Waals surface area contributed by atoms with Gasteiger partial charge in [-0.1, -0.05) is 200 Å². The fourth-order valence-electron chi connectivity index (χ4n) is 16.4. The van der Waals surface area contributed by atoms with Crippen LogP contribution in [-0.4, -0.2) is 15.8 Å². The summed E-state index contributed by atoms with van der Waals surface area (Å²) in [7, 11) is 0. The molecule has 0 atom stereocenters. The van der Waals surface area contributed by atoms with Crippen molar-refractivity contribution in [1.29, 1.82) is 0 Å². The molecule has 350 valence electrons. The number of nitrogens with zero attached hydrogens (tertiary/aromatic N) is 2. The molecule has 0 amide bonds. The van der Waals surface area contributed by atoms with Crippen LogP contribution in [0.5, 0.6) is 0 Å². The van der Waals surface area contributed by atoms with Crippen molar-refractivity contribution in [3.05, 3.63) is 195 Å². The first-order valence-electron chi connectivity index (χ1n) is 27.0. The molecule has 3 heteroatoms. The first kappa shape index (κ1) is 41.7. The van der Waals surface area contributed by atoms with Gasteiger partial charge in [0.25, 0.3) is 6.71 Å². The summed E-state index contributed by atoms with van der Waals surface area (Å²) in [4.78, 5) is 0. The lowest BCUT2D eigenvalue weighted by Crippen LogP contribution is -2.61. The van der Waals surface area contributed by atoms with Gasteiger partial charge < -0.3 is 9.13 Å². The lowest BCUT2D eigenvalue weighted by atomic mass is 9.33. The van der Waals surface area contributed by atoms with Crippen LogP contribution in [-0.2, 0) is 27.1 Å². The lowest BCUT2D eigenvalue weighted by molar-refractivity contribution is 0.333. The third-order valence-corrected chi connectivity index (χ3v) is 19.8. The van der Waals surface area contributed by atoms with Crippen molar-refractivity contribution in [3.8, 4) is 44.9 Å². The third kappa shape index (κ3) is 4.69. The van der Waals surface area contributed by atoms with Crippen molar-refractivity contribution in [3.63, 3.8) is 0 Å². The second kappa shape index (κ2) is 13.0. The maximum absolute atomic E-state index is 2.92. The molecule has 0 bridgehead atoms. The van der Waals surface area contributed by atoms with Gasteiger partial charge in [0.15, 0.2) is 0 Å². The highest BCUT2D eigenvalue weighted by atomic mass is 15.1. The van der Waals surface area contributed by atoms with Crippen LogP contribution in [0.4, 0.5) is 0 Å². The second-order valence-electron chi connectivity index (χ2n) is 25.8. The van der Waals surface area contributed by atoms with Gasteiger partial charge in [-0.15, -0.1) is 0 Å². The Balaban J connectivity index is 1.22. The van der Waals surface area contributed by atoms with Crippen LogP contribution >= 0.6 is 0 Å². The zero-order valence-electron chi connectivity index (χ0n) is 43.6. The molecule has 0 unspecified atom stereocenters. The largest absolute Gasteiger partial charge is 0.310 e. The van der Waals surface area contributed by atoms with Crippen LogP contribution in [0.3, 0.4) is 0 Å². The van der Waals surface area contributed by atoms with E-state index in [0.717, 1.165) is 6.42 Å². The molecule has 3 aliphatic heterocycles. The van der Waals surface area contributed by atoms with Crippen molar-refractivity contribution < 1.29 is 0 Å². The van der Waals surface area contributed by atoms with Gasteiger partial charge in [-0.05, 0) is 150 Å². The van der Waals surface area contributed by atoms with Crippen molar-refractivity contribution in [2.24, 2.45) is 0 Å². The molecule has 0 saturated carbocycles. The molecule has 10 aromatic rings. The second-order valence-corrected chi connectivity index (χ2v) is 25.8. The Morgan fingerprint density at radius 1 is 0.431 bits per heavy atom.